The molecular weight excluding hydrogens is 342 g/mol. The van der Waals surface area contributed by atoms with Crippen LogP contribution in [0.4, 0.5) is 5.69 Å². The topological polar surface area (TPSA) is 47.3 Å². The van der Waals surface area contributed by atoms with Gasteiger partial charge < -0.3 is 9.80 Å². The third-order valence-corrected chi connectivity index (χ3v) is 5.02. The number of nitriles is 1. The van der Waals surface area contributed by atoms with E-state index in [1.54, 1.807) is 0 Å². The highest BCUT2D eigenvalue weighted by atomic mass is 79.9. The van der Waals surface area contributed by atoms with Crippen molar-refractivity contribution in [2.75, 3.05) is 25.0 Å². The molecule has 0 bridgehead atoms. The van der Waals surface area contributed by atoms with E-state index < -0.39 is 0 Å². The average Bonchev–Trinajstić information content (AvgIpc) is 2.53. The molecule has 1 fully saturated rings. The van der Waals surface area contributed by atoms with Gasteiger partial charge in [-0.15, -0.1) is 0 Å². The summed E-state index contributed by atoms with van der Waals surface area (Å²) in [7, 11) is 1.89. The molecule has 0 unspecified atom stereocenters. The molecule has 5 heteroatoms. The van der Waals surface area contributed by atoms with Crippen LogP contribution >= 0.6 is 15.9 Å². The number of benzene rings is 1. The number of halogens is 1. The molecule has 118 valence electrons. The van der Waals surface area contributed by atoms with Crippen LogP contribution < -0.4 is 4.90 Å². The summed E-state index contributed by atoms with van der Waals surface area (Å²) in [5.41, 5.74) is 1.75. The van der Waals surface area contributed by atoms with Crippen molar-refractivity contribution in [2.24, 2.45) is 5.92 Å². The molecule has 0 N–H and O–H groups in total. The van der Waals surface area contributed by atoms with Crippen LogP contribution in [0.3, 0.4) is 0 Å². The Morgan fingerprint density at radius 1 is 1.41 bits per heavy atom. The number of hydrogen-bond donors (Lipinski definition) is 0. The molecule has 0 aliphatic carbocycles. The van der Waals surface area contributed by atoms with Gasteiger partial charge in [0.25, 0.3) is 0 Å². The van der Waals surface area contributed by atoms with Crippen LogP contribution in [0, 0.1) is 17.2 Å². The quantitative estimate of drug-likeness (QED) is 0.826. The maximum atomic E-state index is 12.4. The minimum Gasteiger partial charge on any atom is -0.371 e. The van der Waals surface area contributed by atoms with Crippen LogP contribution in [0.1, 0.15) is 32.3 Å². The minimum atomic E-state index is 0.126. The highest BCUT2D eigenvalue weighted by Crippen LogP contribution is 2.31. The zero-order chi connectivity index (χ0) is 16.3. The van der Waals surface area contributed by atoms with Crippen molar-refractivity contribution in [2.45, 2.75) is 32.7 Å². The maximum absolute atomic E-state index is 12.4. The highest BCUT2D eigenvalue weighted by molar-refractivity contribution is 9.10. The van der Waals surface area contributed by atoms with E-state index in [1.807, 2.05) is 44.0 Å². The van der Waals surface area contributed by atoms with Gasteiger partial charge in [0.1, 0.15) is 0 Å². The zero-order valence-corrected chi connectivity index (χ0v) is 14.9. The smallest absolute Gasteiger partial charge is 0.225 e. The van der Waals surface area contributed by atoms with Gasteiger partial charge in [-0.2, -0.15) is 5.26 Å². The summed E-state index contributed by atoms with van der Waals surface area (Å²) < 4.78 is 0.940. The Hall–Kier alpha value is -1.54. The van der Waals surface area contributed by atoms with E-state index in [-0.39, 0.29) is 17.9 Å². The summed E-state index contributed by atoms with van der Waals surface area (Å²) in [4.78, 5) is 16.5. The Labute approximate surface area is 140 Å². The van der Waals surface area contributed by atoms with Crippen molar-refractivity contribution in [1.82, 2.24) is 4.90 Å². The lowest BCUT2D eigenvalue weighted by Crippen LogP contribution is -2.43. The lowest BCUT2D eigenvalue weighted by Gasteiger charge is -2.35. The van der Waals surface area contributed by atoms with Crippen LogP contribution in [-0.2, 0) is 4.79 Å². The van der Waals surface area contributed by atoms with Gasteiger partial charge in [-0.1, -0.05) is 0 Å². The summed E-state index contributed by atoms with van der Waals surface area (Å²) in [5, 5.41) is 8.93. The Balaban J connectivity index is 2.01. The Morgan fingerprint density at radius 3 is 2.55 bits per heavy atom. The molecule has 1 aromatic carbocycles. The van der Waals surface area contributed by atoms with Gasteiger partial charge in [-0.3, -0.25) is 4.79 Å². The maximum Gasteiger partial charge on any atom is 0.225 e. The van der Waals surface area contributed by atoms with Gasteiger partial charge in [0.15, 0.2) is 0 Å². The summed E-state index contributed by atoms with van der Waals surface area (Å²) in [6, 6.07) is 8.05. The van der Waals surface area contributed by atoms with Crippen LogP contribution in [0.5, 0.6) is 0 Å². The van der Waals surface area contributed by atoms with Gasteiger partial charge in [-0.05, 0) is 60.8 Å². The minimum absolute atomic E-state index is 0.126. The lowest BCUT2D eigenvalue weighted by molar-refractivity contribution is -0.136. The van der Waals surface area contributed by atoms with Crippen molar-refractivity contribution in [3.63, 3.8) is 0 Å². The van der Waals surface area contributed by atoms with Crippen molar-refractivity contribution >= 4 is 27.5 Å². The molecule has 1 aliphatic rings. The second-order valence-electron chi connectivity index (χ2n) is 6.08. The number of carbonyl (C=O) groups excluding carboxylic acids is 1. The fourth-order valence-corrected chi connectivity index (χ4v) is 3.37. The third-order valence-electron chi connectivity index (χ3n) is 4.38. The molecule has 0 atom stereocenters. The largest absolute Gasteiger partial charge is 0.371 e. The standard InChI is InChI=1S/C17H22BrN3O/c1-12(2)20(3)17(22)14-6-8-21(9-7-14)16-5-4-13(11-19)10-15(16)18/h4-5,10,12,14H,6-9H2,1-3H3. The van der Waals surface area contributed by atoms with Gasteiger partial charge in [0.05, 0.1) is 17.3 Å². The Morgan fingerprint density at radius 2 is 2.05 bits per heavy atom. The van der Waals surface area contributed by atoms with Gasteiger partial charge in [0.2, 0.25) is 5.91 Å². The number of piperidine rings is 1. The molecule has 0 radical (unpaired) electrons. The molecule has 2 rings (SSSR count). The van der Waals surface area contributed by atoms with E-state index in [9.17, 15) is 4.79 Å². The first-order chi connectivity index (χ1) is 10.4. The normalized spacial score (nSPS) is 15.7. The molecule has 1 aromatic rings. The van der Waals surface area contributed by atoms with Crippen molar-refractivity contribution in [1.29, 1.82) is 5.26 Å². The molecule has 0 spiro atoms. The van der Waals surface area contributed by atoms with Gasteiger partial charge in [-0.25, -0.2) is 0 Å². The summed E-state index contributed by atoms with van der Waals surface area (Å²) in [5.74, 6) is 0.384. The molecule has 0 aromatic heterocycles. The molecule has 22 heavy (non-hydrogen) atoms. The second-order valence-corrected chi connectivity index (χ2v) is 6.94. The van der Waals surface area contributed by atoms with Crippen LogP contribution in [0.15, 0.2) is 22.7 Å². The number of amides is 1. The fraction of sp³-hybridized carbons (Fsp3) is 0.529. The third kappa shape index (κ3) is 3.61. The lowest BCUT2D eigenvalue weighted by atomic mass is 9.94. The highest BCUT2D eigenvalue weighted by Gasteiger charge is 2.28. The van der Waals surface area contributed by atoms with Gasteiger partial charge in [0, 0.05) is 36.6 Å². The van der Waals surface area contributed by atoms with Gasteiger partial charge >= 0.3 is 0 Å². The number of anilines is 1. The van der Waals surface area contributed by atoms with E-state index in [1.165, 1.54) is 0 Å². The Bertz CT molecular complexity index is 586. The van der Waals surface area contributed by atoms with Crippen molar-refractivity contribution in [3.05, 3.63) is 28.2 Å². The summed E-state index contributed by atoms with van der Waals surface area (Å²) in [6.07, 6.45) is 1.75. The first-order valence-electron chi connectivity index (χ1n) is 7.65. The number of nitrogens with zero attached hydrogens (tertiary/aromatic N) is 3. The van der Waals surface area contributed by atoms with Crippen LogP contribution in [-0.4, -0.2) is 37.0 Å². The monoisotopic (exact) mass is 363 g/mol. The van der Waals surface area contributed by atoms with E-state index in [0.717, 1.165) is 36.1 Å². The number of hydrogen-bond acceptors (Lipinski definition) is 3. The first-order valence-corrected chi connectivity index (χ1v) is 8.44. The fourth-order valence-electron chi connectivity index (χ4n) is 2.74. The molecule has 1 amide bonds. The average molecular weight is 364 g/mol. The number of rotatable bonds is 3. The summed E-state index contributed by atoms with van der Waals surface area (Å²) in [6.45, 7) is 5.82. The van der Waals surface area contributed by atoms with E-state index in [2.05, 4.69) is 26.9 Å². The van der Waals surface area contributed by atoms with Crippen LogP contribution in [0.2, 0.25) is 0 Å². The predicted octanol–water partition coefficient (Wildman–Crippen LogP) is 3.40. The molecule has 4 nitrogen and oxygen atoms in total. The summed E-state index contributed by atoms with van der Waals surface area (Å²) >= 11 is 3.54. The van der Waals surface area contributed by atoms with E-state index in [4.69, 9.17) is 5.26 Å². The van der Waals surface area contributed by atoms with Crippen molar-refractivity contribution in [3.8, 4) is 6.07 Å². The molecular formula is C17H22BrN3O. The zero-order valence-electron chi connectivity index (χ0n) is 13.3. The molecule has 0 saturated carbocycles. The molecule has 1 saturated heterocycles. The van der Waals surface area contributed by atoms with E-state index >= 15 is 0 Å². The van der Waals surface area contributed by atoms with Crippen LogP contribution in [0.25, 0.3) is 0 Å². The second kappa shape index (κ2) is 7.15. The van der Waals surface area contributed by atoms with Crippen molar-refractivity contribution < 1.29 is 4.79 Å². The predicted molar refractivity (Wildman–Crippen MR) is 91.7 cm³/mol. The molecule has 1 aliphatic heterocycles. The van der Waals surface area contributed by atoms with E-state index in [0.29, 0.717) is 5.56 Å². The Kier molecular flexibility index (Phi) is 5.47. The first kappa shape index (κ1) is 16.8. The SMILES string of the molecule is CC(C)N(C)C(=O)C1CCN(c2ccc(C#N)cc2Br)CC1. The molecule has 1 heterocycles. The number of carbonyl (C=O) groups is 1.